The van der Waals surface area contributed by atoms with Gasteiger partial charge in [0.05, 0.1) is 13.7 Å². The monoisotopic (exact) mass is 324 g/mol. The lowest BCUT2D eigenvalue weighted by atomic mass is 10.1. The van der Waals surface area contributed by atoms with E-state index in [-0.39, 0.29) is 0 Å². The Kier molecular flexibility index (Phi) is 8.43. The molecule has 0 fully saturated rings. The molecule has 1 unspecified atom stereocenters. The van der Waals surface area contributed by atoms with Crippen LogP contribution in [-0.4, -0.2) is 50.8 Å². The van der Waals surface area contributed by atoms with Gasteiger partial charge in [0.1, 0.15) is 12.6 Å². The Hall–Kier alpha value is -1.79. The second kappa shape index (κ2) is 10.1. The smallest absolute Gasteiger partial charge is 0.327 e. The Morgan fingerprint density at radius 2 is 1.91 bits per heavy atom. The first kappa shape index (κ1) is 19.3. The Morgan fingerprint density at radius 1 is 1.22 bits per heavy atom. The molecule has 6 nitrogen and oxygen atoms in total. The number of esters is 1. The van der Waals surface area contributed by atoms with Crippen molar-refractivity contribution in [3.63, 3.8) is 0 Å². The predicted octanol–water partition coefficient (Wildman–Crippen LogP) is 1.98. The molecule has 0 saturated heterocycles. The number of nitrogens with zero attached hydrogens (tertiary/aromatic N) is 1. The van der Waals surface area contributed by atoms with Gasteiger partial charge in [-0.1, -0.05) is 19.9 Å². The third-order valence-corrected chi connectivity index (χ3v) is 3.65. The summed E-state index contributed by atoms with van der Waals surface area (Å²) in [4.78, 5) is 14.0. The molecule has 0 bridgehead atoms. The molecule has 0 aliphatic rings. The first-order valence-corrected chi connectivity index (χ1v) is 8.02. The van der Waals surface area contributed by atoms with E-state index in [2.05, 4.69) is 18.7 Å². The van der Waals surface area contributed by atoms with Crippen molar-refractivity contribution >= 4 is 5.97 Å². The number of ether oxygens (including phenoxy) is 3. The minimum atomic E-state index is -0.825. The number of methoxy groups -OCH3 is 1. The lowest BCUT2D eigenvalue weighted by Crippen LogP contribution is -2.28. The SMILES string of the molecule is CCOC(=O)C(N)c1ccc(OCCN(CC)CC)c(OC)c1. The van der Waals surface area contributed by atoms with Crippen molar-refractivity contribution in [1.82, 2.24) is 4.90 Å². The molecule has 1 aromatic rings. The number of likely N-dealkylation sites (N-methyl/N-ethyl adjacent to an activating group) is 1. The van der Waals surface area contributed by atoms with Crippen LogP contribution in [0.1, 0.15) is 32.4 Å². The van der Waals surface area contributed by atoms with Crippen molar-refractivity contribution in [3.8, 4) is 11.5 Å². The molecule has 0 saturated carbocycles. The quantitative estimate of drug-likeness (QED) is 0.663. The van der Waals surface area contributed by atoms with E-state index in [1.807, 2.05) is 0 Å². The van der Waals surface area contributed by atoms with Crippen LogP contribution in [0.15, 0.2) is 18.2 Å². The number of hydrogen-bond donors (Lipinski definition) is 1. The van der Waals surface area contributed by atoms with E-state index in [4.69, 9.17) is 19.9 Å². The first-order chi connectivity index (χ1) is 11.1. The molecule has 23 heavy (non-hydrogen) atoms. The molecule has 2 N–H and O–H groups in total. The number of benzene rings is 1. The normalized spacial score (nSPS) is 12.1. The maximum Gasteiger partial charge on any atom is 0.327 e. The predicted molar refractivity (Wildman–Crippen MR) is 89.8 cm³/mol. The largest absolute Gasteiger partial charge is 0.493 e. The lowest BCUT2D eigenvalue weighted by Gasteiger charge is -2.19. The summed E-state index contributed by atoms with van der Waals surface area (Å²) in [5.74, 6) is 0.742. The topological polar surface area (TPSA) is 74.0 Å². The van der Waals surface area contributed by atoms with Crippen molar-refractivity contribution in [2.45, 2.75) is 26.8 Å². The van der Waals surface area contributed by atoms with Gasteiger partial charge in [0.15, 0.2) is 11.5 Å². The van der Waals surface area contributed by atoms with E-state index in [1.54, 1.807) is 32.2 Å². The van der Waals surface area contributed by atoms with Crippen LogP contribution < -0.4 is 15.2 Å². The molecule has 0 spiro atoms. The van der Waals surface area contributed by atoms with Gasteiger partial charge in [0.2, 0.25) is 0 Å². The van der Waals surface area contributed by atoms with Gasteiger partial charge >= 0.3 is 5.97 Å². The molecular weight excluding hydrogens is 296 g/mol. The highest BCUT2D eigenvalue weighted by Gasteiger charge is 2.19. The highest BCUT2D eigenvalue weighted by atomic mass is 16.5. The van der Waals surface area contributed by atoms with E-state index < -0.39 is 12.0 Å². The maximum atomic E-state index is 11.7. The van der Waals surface area contributed by atoms with Gasteiger partial charge in [0.25, 0.3) is 0 Å². The molecule has 130 valence electrons. The molecule has 0 heterocycles. The first-order valence-electron chi connectivity index (χ1n) is 8.02. The fourth-order valence-corrected chi connectivity index (χ4v) is 2.19. The fraction of sp³-hybridized carbons (Fsp3) is 0.588. The molecule has 1 rings (SSSR count). The average molecular weight is 324 g/mol. The van der Waals surface area contributed by atoms with Crippen molar-refractivity contribution in [3.05, 3.63) is 23.8 Å². The number of nitrogens with two attached hydrogens (primary N) is 1. The number of carbonyl (C=O) groups excluding carboxylic acids is 1. The molecule has 0 radical (unpaired) electrons. The van der Waals surface area contributed by atoms with E-state index in [0.717, 1.165) is 19.6 Å². The molecule has 6 heteroatoms. The number of carbonyl (C=O) groups is 1. The zero-order valence-corrected chi connectivity index (χ0v) is 14.5. The summed E-state index contributed by atoms with van der Waals surface area (Å²) in [7, 11) is 1.56. The van der Waals surface area contributed by atoms with Crippen molar-refractivity contribution in [2.24, 2.45) is 5.73 Å². The zero-order valence-electron chi connectivity index (χ0n) is 14.5. The van der Waals surface area contributed by atoms with Gasteiger partial charge in [-0.05, 0) is 37.7 Å². The Labute approximate surface area is 138 Å². The highest BCUT2D eigenvalue weighted by Crippen LogP contribution is 2.30. The lowest BCUT2D eigenvalue weighted by molar-refractivity contribution is -0.144. The number of hydrogen-bond acceptors (Lipinski definition) is 6. The van der Waals surface area contributed by atoms with Crippen LogP contribution in [0.4, 0.5) is 0 Å². The van der Waals surface area contributed by atoms with Gasteiger partial charge in [0, 0.05) is 6.54 Å². The third kappa shape index (κ3) is 5.73. The van der Waals surface area contributed by atoms with Crippen LogP contribution in [0, 0.1) is 0 Å². The molecule has 0 aliphatic carbocycles. The fourth-order valence-electron chi connectivity index (χ4n) is 2.19. The van der Waals surface area contributed by atoms with E-state index in [9.17, 15) is 4.79 Å². The zero-order chi connectivity index (χ0) is 17.2. The highest BCUT2D eigenvalue weighted by molar-refractivity contribution is 5.77. The minimum absolute atomic E-state index is 0.302. The Bertz CT molecular complexity index is 489. The Balaban J connectivity index is 2.74. The van der Waals surface area contributed by atoms with Gasteiger partial charge in [-0.2, -0.15) is 0 Å². The van der Waals surface area contributed by atoms with Crippen LogP contribution in [0.5, 0.6) is 11.5 Å². The minimum Gasteiger partial charge on any atom is -0.493 e. The molecule has 0 aliphatic heterocycles. The van der Waals surface area contributed by atoms with Crippen LogP contribution in [-0.2, 0) is 9.53 Å². The van der Waals surface area contributed by atoms with Crippen LogP contribution in [0.25, 0.3) is 0 Å². The summed E-state index contributed by atoms with van der Waals surface area (Å²) < 4.78 is 16.1. The summed E-state index contributed by atoms with van der Waals surface area (Å²) in [5.41, 5.74) is 6.53. The van der Waals surface area contributed by atoms with Gasteiger partial charge < -0.3 is 24.8 Å². The molecule has 1 atom stereocenters. The van der Waals surface area contributed by atoms with Crippen LogP contribution in [0.2, 0.25) is 0 Å². The van der Waals surface area contributed by atoms with Gasteiger partial charge in [-0.3, -0.25) is 0 Å². The van der Waals surface area contributed by atoms with Crippen LogP contribution >= 0.6 is 0 Å². The molecular formula is C17H28N2O4. The van der Waals surface area contributed by atoms with Crippen molar-refractivity contribution < 1.29 is 19.0 Å². The summed E-state index contributed by atoms with van der Waals surface area (Å²) in [6.07, 6.45) is 0. The van der Waals surface area contributed by atoms with E-state index >= 15 is 0 Å². The molecule has 0 aromatic heterocycles. The summed E-state index contributed by atoms with van der Waals surface area (Å²) in [5, 5.41) is 0. The van der Waals surface area contributed by atoms with Crippen molar-refractivity contribution in [2.75, 3.05) is 40.0 Å². The maximum absolute atomic E-state index is 11.7. The third-order valence-electron chi connectivity index (χ3n) is 3.65. The second-order valence-corrected chi connectivity index (χ2v) is 5.02. The average Bonchev–Trinajstić information content (AvgIpc) is 2.58. The van der Waals surface area contributed by atoms with Crippen molar-refractivity contribution in [1.29, 1.82) is 0 Å². The number of rotatable bonds is 10. The van der Waals surface area contributed by atoms with Gasteiger partial charge in [-0.25, -0.2) is 4.79 Å². The summed E-state index contributed by atoms with van der Waals surface area (Å²) in [6.45, 7) is 9.69. The molecule has 0 amide bonds. The summed E-state index contributed by atoms with van der Waals surface area (Å²) in [6, 6.07) is 4.43. The van der Waals surface area contributed by atoms with E-state index in [1.165, 1.54) is 0 Å². The Morgan fingerprint density at radius 3 is 2.48 bits per heavy atom. The van der Waals surface area contributed by atoms with Crippen LogP contribution in [0.3, 0.4) is 0 Å². The molecule has 1 aromatic carbocycles. The van der Waals surface area contributed by atoms with E-state index in [0.29, 0.717) is 30.3 Å². The second-order valence-electron chi connectivity index (χ2n) is 5.02. The van der Waals surface area contributed by atoms with Gasteiger partial charge in [-0.15, -0.1) is 0 Å². The standard InChI is InChI=1S/C17H28N2O4/c1-5-19(6-2)10-11-23-14-9-8-13(12-15(14)21-4)16(18)17(20)22-7-3/h8-9,12,16H,5-7,10-11,18H2,1-4H3. The summed E-state index contributed by atoms with van der Waals surface area (Å²) >= 11 is 0.